The van der Waals surface area contributed by atoms with Crippen LogP contribution in [-0.2, 0) is 4.74 Å². The standard InChI is InChI=1S/C12H20O2/c13-9-3-1-8(2-4-9)11-6-5-10-7-12(11)14-10/h8-13H,1-7H2. The first-order valence-corrected chi connectivity index (χ1v) is 6.16. The molecule has 2 heterocycles. The fraction of sp³-hybridized carbons (Fsp3) is 1.00. The smallest absolute Gasteiger partial charge is 0.0634 e. The molecule has 3 unspecified atom stereocenters. The van der Waals surface area contributed by atoms with E-state index in [0.717, 1.165) is 24.7 Å². The fourth-order valence-corrected chi connectivity index (χ4v) is 3.59. The molecular formula is C12H20O2. The molecule has 4 rings (SSSR count). The maximum atomic E-state index is 9.47. The van der Waals surface area contributed by atoms with E-state index in [1.54, 1.807) is 0 Å². The van der Waals surface area contributed by atoms with Crippen LogP contribution in [0.25, 0.3) is 0 Å². The summed E-state index contributed by atoms with van der Waals surface area (Å²) in [5.74, 6) is 1.68. The molecule has 1 N–H and O–H groups in total. The van der Waals surface area contributed by atoms with E-state index in [9.17, 15) is 5.11 Å². The molecule has 0 radical (unpaired) electrons. The van der Waals surface area contributed by atoms with E-state index < -0.39 is 0 Å². The van der Waals surface area contributed by atoms with Gasteiger partial charge in [0.05, 0.1) is 18.3 Å². The van der Waals surface area contributed by atoms with Crippen LogP contribution in [0.3, 0.4) is 0 Å². The third kappa shape index (κ3) is 1.49. The predicted molar refractivity (Wildman–Crippen MR) is 54.0 cm³/mol. The van der Waals surface area contributed by atoms with Gasteiger partial charge >= 0.3 is 0 Å². The summed E-state index contributed by atoms with van der Waals surface area (Å²) in [5.41, 5.74) is 0. The van der Waals surface area contributed by atoms with Crippen LogP contribution >= 0.6 is 0 Å². The first-order chi connectivity index (χ1) is 6.83. The summed E-state index contributed by atoms with van der Waals surface area (Å²) >= 11 is 0. The first kappa shape index (κ1) is 9.17. The third-order valence-electron chi connectivity index (χ3n) is 4.51. The van der Waals surface area contributed by atoms with Crippen molar-refractivity contribution in [3.63, 3.8) is 0 Å². The molecule has 2 saturated heterocycles. The van der Waals surface area contributed by atoms with Crippen molar-refractivity contribution in [1.82, 2.24) is 0 Å². The predicted octanol–water partition coefficient (Wildman–Crippen LogP) is 2.10. The molecule has 4 fully saturated rings. The second-order valence-electron chi connectivity index (χ2n) is 5.34. The van der Waals surface area contributed by atoms with Crippen LogP contribution in [0.4, 0.5) is 0 Å². The molecule has 4 aliphatic rings. The summed E-state index contributed by atoms with van der Waals surface area (Å²) in [6, 6.07) is 0. The van der Waals surface area contributed by atoms with Crippen LogP contribution in [0.2, 0.25) is 0 Å². The van der Waals surface area contributed by atoms with Crippen molar-refractivity contribution in [2.75, 3.05) is 0 Å². The van der Waals surface area contributed by atoms with Crippen molar-refractivity contribution in [2.45, 2.75) is 63.3 Å². The Labute approximate surface area is 85.6 Å². The molecule has 0 spiro atoms. The van der Waals surface area contributed by atoms with Gasteiger partial charge in [0, 0.05) is 6.42 Å². The zero-order valence-electron chi connectivity index (χ0n) is 8.69. The Kier molecular flexibility index (Phi) is 2.29. The maximum absolute atomic E-state index is 9.47. The van der Waals surface area contributed by atoms with E-state index in [1.807, 2.05) is 0 Å². The Bertz CT molecular complexity index is 200. The van der Waals surface area contributed by atoms with Gasteiger partial charge in [-0.05, 0) is 50.4 Å². The van der Waals surface area contributed by atoms with E-state index in [1.165, 1.54) is 32.1 Å². The lowest BCUT2D eigenvalue weighted by molar-refractivity contribution is -0.199. The molecule has 14 heavy (non-hydrogen) atoms. The minimum absolute atomic E-state index is 0.00935. The highest BCUT2D eigenvalue weighted by molar-refractivity contribution is 4.93. The summed E-state index contributed by atoms with van der Waals surface area (Å²) in [6.45, 7) is 0. The second-order valence-corrected chi connectivity index (χ2v) is 5.34. The van der Waals surface area contributed by atoms with E-state index in [4.69, 9.17) is 4.74 Å². The van der Waals surface area contributed by atoms with E-state index >= 15 is 0 Å². The van der Waals surface area contributed by atoms with Gasteiger partial charge in [0.25, 0.3) is 0 Å². The van der Waals surface area contributed by atoms with Gasteiger partial charge in [-0.15, -0.1) is 0 Å². The van der Waals surface area contributed by atoms with E-state index in [0.29, 0.717) is 12.2 Å². The van der Waals surface area contributed by atoms with E-state index in [-0.39, 0.29) is 6.10 Å². The Hall–Kier alpha value is -0.0800. The van der Waals surface area contributed by atoms with Gasteiger partial charge in [0.2, 0.25) is 0 Å². The monoisotopic (exact) mass is 196 g/mol. The lowest BCUT2D eigenvalue weighted by atomic mass is 9.68. The van der Waals surface area contributed by atoms with Gasteiger partial charge in [0.1, 0.15) is 0 Å². The Morgan fingerprint density at radius 3 is 2.21 bits per heavy atom. The SMILES string of the molecule is OC1CCC(C2CCC3CC2O3)CC1. The lowest BCUT2D eigenvalue weighted by Gasteiger charge is -2.50. The van der Waals surface area contributed by atoms with Crippen molar-refractivity contribution >= 4 is 0 Å². The summed E-state index contributed by atoms with van der Waals surface area (Å²) in [7, 11) is 0. The molecule has 0 amide bonds. The molecule has 2 aliphatic carbocycles. The van der Waals surface area contributed by atoms with E-state index in [2.05, 4.69) is 0 Å². The van der Waals surface area contributed by atoms with Gasteiger partial charge < -0.3 is 9.84 Å². The molecule has 2 heteroatoms. The quantitative estimate of drug-likeness (QED) is 0.696. The number of rotatable bonds is 1. The minimum atomic E-state index is -0.00935. The van der Waals surface area contributed by atoms with Crippen LogP contribution in [0.5, 0.6) is 0 Å². The Morgan fingerprint density at radius 2 is 1.64 bits per heavy atom. The van der Waals surface area contributed by atoms with Gasteiger partial charge in [-0.25, -0.2) is 0 Å². The van der Waals surface area contributed by atoms with Crippen molar-refractivity contribution < 1.29 is 9.84 Å². The molecule has 0 aromatic heterocycles. The van der Waals surface area contributed by atoms with Gasteiger partial charge in [-0.1, -0.05) is 0 Å². The van der Waals surface area contributed by atoms with Crippen LogP contribution < -0.4 is 0 Å². The van der Waals surface area contributed by atoms with Crippen molar-refractivity contribution in [3.8, 4) is 0 Å². The number of hydrogen-bond donors (Lipinski definition) is 1. The topological polar surface area (TPSA) is 29.5 Å². The zero-order chi connectivity index (χ0) is 9.54. The van der Waals surface area contributed by atoms with Gasteiger partial charge in [-0.3, -0.25) is 0 Å². The van der Waals surface area contributed by atoms with Crippen molar-refractivity contribution in [1.29, 1.82) is 0 Å². The summed E-state index contributed by atoms with van der Waals surface area (Å²) in [5, 5.41) is 9.47. The second kappa shape index (κ2) is 3.49. The molecule has 2 nitrogen and oxygen atoms in total. The minimum Gasteiger partial charge on any atom is -0.393 e. The molecule has 3 atom stereocenters. The summed E-state index contributed by atoms with van der Waals surface area (Å²) in [4.78, 5) is 0. The highest BCUT2D eigenvalue weighted by atomic mass is 16.5. The first-order valence-electron chi connectivity index (χ1n) is 6.16. The third-order valence-corrected chi connectivity index (χ3v) is 4.51. The molecule has 80 valence electrons. The van der Waals surface area contributed by atoms with Crippen molar-refractivity contribution in [3.05, 3.63) is 0 Å². The highest BCUT2D eigenvalue weighted by Crippen LogP contribution is 2.46. The Balaban J connectivity index is 1.59. The maximum Gasteiger partial charge on any atom is 0.0634 e. The number of ether oxygens (including phenoxy) is 1. The fourth-order valence-electron chi connectivity index (χ4n) is 3.59. The molecule has 0 aromatic rings. The normalized spacial score (nSPS) is 52.5. The Morgan fingerprint density at radius 1 is 0.929 bits per heavy atom. The number of fused-ring (bicyclic) bond motifs is 2. The van der Waals surface area contributed by atoms with Crippen LogP contribution in [0, 0.1) is 11.8 Å². The van der Waals surface area contributed by atoms with Crippen LogP contribution in [-0.4, -0.2) is 23.4 Å². The van der Waals surface area contributed by atoms with Gasteiger partial charge in [-0.2, -0.15) is 0 Å². The largest absolute Gasteiger partial charge is 0.393 e. The average Bonchev–Trinajstić information content (AvgIpc) is 2.18. The highest BCUT2D eigenvalue weighted by Gasteiger charge is 2.44. The molecule has 2 saturated carbocycles. The van der Waals surface area contributed by atoms with Gasteiger partial charge in [0.15, 0.2) is 0 Å². The summed E-state index contributed by atoms with van der Waals surface area (Å²) in [6.07, 6.45) is 9.71. The molecule has 0 aromatic carbocycles. The molecular weight excluding hydrogens is 176 g/mol. The van der Waals surface area contributed by atoms with Crippen LogP contribution in [0.15, 0.2) is 0 Å². The number of aliphatic hydroxyl groups is 1. The molecule has 2 bridgehead atoms. The van der Waals surface area contributed by atoms with Crippen LogP contribution in [0.1, 0.15) is 44.9 Å². The number of hydrogen-bond acceptors (Lipinski definition) is 2. The summed E-state index contributed by atoms with van der Waals surface area (Å²) < 4.78 is 5.81. The lowest BCUT2D eigenvalue weighted by Crippen LogP contribution is -2.50. The molecule has 2 aliphatic heterocycles. The van der Waals surface area contributed by atoms with Crippen molar-refractivity contribution in [2.24, 2.45) is 11.8 Å². The number of aliphatic hydroxyl groups excluding tert-OH is 1. The average molecular weight is 196 g/mol. The zero-order valence-corrected chi connectivity index (χ0v) is 8.69.